The van der Waals surface area contributed by atoms with Gasteiger partial charge in [-0.05, 0) is 75.0 Å². The van der Waals surface area contributed by atoms with Gasteiger partial charge in [0.25, 0.3) is 0 Å². The van der Waals surface area contributed by atoms with Crippen molar-refractivity contribution in [3.8, 4) is 17.5 Å². The molecule has 2 atom stereocenters. The largest absolute Gasteiger partial charge is 0.488 e. The van der Waals surface area contributed by atoms with Crippen molar-refractivity contribution < 1.29 is 14.2 Å². The Kier molecular flexibility index (Phi) is 8.18. The molecule has 3 N–H and O–H groups in total. The quantitative estimate of drug-likeness (QED) is 0.349. The molecule has 13 nitrogen and oxygen atoms in total. The third kappa shape index (κ3) is 6.47. The zero-order valence-electron chi connectivity index (χ0n) is 23.5. The molecule has 2 aliphatic rings. The van der Waals surface area contributed by atoms with Gasteiger partial charge in [-0.15, -0.1) is 0 Å². The Morgan fingerprint density at radius 1 is 1.22 bits per heavy atom. The first kappa shape index (κ1) is 28.4. The maximum atomic E-state index is 15.3. The van der Waals surface area contributed by atoms with Gasteiger partial charge in [0, 0.05) is 25.7 Å². The van der Waals surface area contributed by atoms with E-state index in [9.17, 15) is 15.2 Å². The van der Waals surface area contributed by atoms with Gasteiger partial charge in [-0.1, -0.05) is 6.42 Å². The topological polar surface area (TPSA) is 159 Å². The smallest absolute Gasteiger partial charge is 0.368 e. The van der Waals surface area contributed by atoms with E-state index in [0.29, 0.717) is 24.3 Å². The van der Waals surface area contributed by atoms with E-state index in [0.717, 1.165) is 41.4 Å². The first-order valence-electron chi connectivity index (χ1n) is 13.8. The lowest BCUT2D eigenvalue weighted by molar-refractivity contribution is 0.0283. The van der Waals surface area contributed by atoms with Crippen molar-refractivity contribution in [2.75, 3.05) is 36.9 Å². The molecule has 3 aromatic rings. The number of halogens is 1. The number of aromatic nitrogens is 6. The van der Waals surface area contributed by atoms with Crippen molar-refractivity contribution in [2.24, 2.45) is 13.0 Å². The number of aryl methyl sites for hydroxylation is 1. The highest BCUT2D eigenvalue weighted by Gasteiger charge is 2.33. The number of anilines is 3. The summed E-state index contributed by atoms with van der Waals surface area (Å²) in [6, 6.07) is 5.08. The summed E-state index contributed by atoms with van der Waals surface area (Å²) in [7, 11) is 1.43. The highest BCUT2D eigenvalue weighted by Crippen LogP contribution is 2.32. The summed E-state index contributed by atoms with van der Waals surface area (Å²) in [6.07, 6.45) is 7.31. The van der Waals surface area contributed by atoms with Gasteiger partial charge < -0.3 is 25.4 Å². The molecule has 2 fully saturated rings. The molecular formula is C27H35FN10O3. The standard InChI is InChI=1S/C27H35FN10O3/c1-27(2,40)16-41-23-11-19(28)20(12-22(23)38-26(39)36(3)34-35-38)32-25-31-15-18(13-29)24(33-25)30-14-17-7-6-10-37-9-5-4-8-21(17)37/h11-12,15,17,21,40H,4-10,14,16H2,1-3H3,(H2,30,31,32,33). The van der Waals surface area contributed by atoms with E-state index >= 15 is 4.39 Å². The second-order valence-corrected chi connectivity index (χ2v) is 11.3. The van der Waals surface area contributed by atoms with E-state index in [1.54, 1.807) is 13.8 Å². The molecule has 2 unspecified atom stereocenters. The lowest BCUT2D eigenvalue weighted by Gasteiger charge is -2.44. The minimum absolute atomic E-state index is 0.00915. The molecule has 0 amide bonds. The molecule has 5 rings (SSSR count). The molecule has 4 heterocycles. The number of hydrogen-bond acceptors (Lipinski definition) is 11. The van der Waals surface area contributed by atoms with Gasteiger partial charge >= 0.3 is 5.69 Å². The number of nitriles is 1. The predicted molar refractivity (Wildman–Crippen MR) is 149 cm³/mol. The molecule has 0 saturated carbocycles. The zero-order valence-corrected chi connectivity index (χ0v) is 23.5. The van der Waals surface area contributed by atoms with E-state index in [-0.39, 0.29) is 35.2 Å². The molecule has 2 aromatic heterocycles. The van der Waals surface area contributed by atoms with Gasteiger partial charge in [-0.3, -0.25) is 0 Å². The van der Waals surface area contributed by atoms with E-state index in [2.05, 4.69) is 42.0 Å². The third-order valence-corrected chi connectivity index (χ3v) is 7.50. The number of tetrazole rings is 1. The summed E-state index contributed by atoms with van der Waals surface area (Å²) in [5.74, 6) is 0.164. The Hall–Kier alpha value is -4.09. The summed E-state index contributed by atoms with van der Waals surface area (Å²) < 4.78 is 22.9. The van der Waals surface area contributed by atoms with Crippen LogP contribution in [0.25, 0.3) is 5.69 Å². The molecule has 0 aliphatic carbocycles. The van der Waals surface area contributed by atoms with Gasteiger partial charge in [-0.2, -0.15) is 19.6 Å². The summed E-state index contributed by atoms with van der Waals surface area (Å²) in [6.45, 7) is 5.88. The Labute approximate surface area is 236 Å². The number of hydrogen-bond donors (Lipinski definition) is 3. The van der Waals surface area contributed by atoms with E-state index < -0.39 is 17.1 Å². The zero-order chi connectivity index (χ0) is 29.1. The van der Waals surface area contributed by atoms with Crippen LogP contribution in [0.1, 0.15) is 51.5 Å². The minimum atomic E-state index is -1.20. The lowest BCUT2D eigenvalue weighted by Crippen LogP contribution is -2.49. The van der Waals surface area contributed by atoms with Crippen molar-refractivity contribution in [2.45, 2.75) is 57.6 Å². The van der Waals surface area contributed by atoms with Gasteiger partial charge in [0.1, 0.15) is 35.5 Å². The number of fused-ring (bicyclic) bond motifs is 1. The summed E-state index contributed by atoms with van der Waals surface area (Å²) >= 11 is 0. The number of nitrogens with one attached hydrogen (secondary N) is 2. The molecule has 2 saturated heterocycles. The first-order valence-corrected chi connectivity index (χ1v) is 13.8. The fourth-order valence-electron chi connectivity index (χ4n) is 5.46. The number of rotatable bonds is 9. The average Bonchev–Trinajstić information content (AvgIpc) is 3.29. The predicted octanol–water partition coefficient (Wildman–Crippen LogP) is 2.34. The van der Waals surface area contributed by atoms with Crippen LogP contribution in [0.4, 0.5) is 21.8 Å². The number of aliphatic hydroxyl groups is 1. The molecule has 41 heavy (non-hydrogen) atoms. The monoisotopic (exact) mass is 566 g/mol. The maximum Gasteiger partial charge on any atom is 0.368 e. The van der Waals surface area contributed by atoms with Crippen LogP contribution in [-0.4, -0.2) is 77.6 Å². The van der Waals surface area contributed by atoms with Crippen molar-refractivity contribution in [1.82, 2.24) is 34.7 Å². The highest BCUT2D eigenvalue weighted by molar-refractivity contribution is 5.64. The molecule has 2 aliphatic heterocycles. The van der Waals surface area contributed by atoms with Gasteiger partial charge in [0.2, 0.25) is 5.95 Å². The number of benzene rings is 1. The minimum Gasteiger partial charge on any atom is -0.488 e. The molecule has 218 valence electrons. The summed E-state index contributed by atoms with van der Waals surface area (Å²) in [5.41, 5.74) is -1.43. The fraction of sp³-hybridized carbons (Fsp3) is 0.556. The fourth-order valence-corrected chi connectivity index (χ4v) is 5.46. The van der Waals surface area contributed by atoms with Crippen molar-refractivity contribution in [3.63, 3.8) is 0 Å². The van der Waals surface area contributed by atoms with Crippen LogP contribution in [0.5, 0.6) is 5.75 Å². The molecule has 1 aromatic carbocycles. The van der Waals surface area contributed by atoms with Crippen LogP contribution in [0.15, 0.2) is 23.1 Å². The van der Waals surface area contributed by atoms with Crippen LogP contribution < -0.4 is 21.1 Å². The second-order valence-electron chi connectivity index (χ2n) is 11.3. The van der Waals surface area contributed by atoms with Crippen molar-refractivity contribution >= 4 is 17.5 Å². The van der Waals surface area contributed by atoms with Crippen LogP contribution >= 0.6 is 0 Å². The highest BCUT2D eigenvalue weighted by atomic mass is 19.1. The van der Waals surface area contributed by atoms with E-state index in [4.69, 9.17) is 4.74 Å². The average molecular weight is 567 g/mol. The Balaban J connectivity index is 1.40. The Morgan fingerprint density at radius 3 is 2.76 bits per heavy atom. The number of piperidine rings is 2. The normalized spacial score (nSPS) is 19.3. The molecule has 0 radical (unpaired) electrons. The maximum absolute atomic E-state index is 15.3. The first-order chi connectivity index (χ1) is 19.6. The Bertz CT molecular complexity index is 1490. The molecule has 14 heteroatoms. The van der Waals surface area contributed by atoms with Gasteiger partial charge in [0.05, 0.1) is 17.5 Å². The van der Waals surface area contributed by atoms with Gasteiger partial charge in [-0.25, -0.2) is 14.2 Å². The van der Waals surface area contributed by atoms with Crippen molar-refractivity contribution in [1.29, 1.82) is 5.26 Å². The molecular weight excluding hydrogens is 531 g/mol. The Morgan fingerprint density at radius 2 is 2.02 bits per heavy atom. The van der Waals surface area contributed by atoms with Crippen LogP contribution in [0.2, 0.25) is 0 Å². The third-order valence-electron chi connectivity index (χ3n) is 7.50. The number of ether oxygens (including phenoxy) is 1. The van der Waals surface area contributed by atoms with Crippen LogP contribution in [0, 0.1) is 23.1 Å². The van der Waals surface area contributed by atoms with Crippen LogP contribution in [-0.2, 0) is 7.05 Å². The van der Waals surface area contributed by atoms with E-state index in [1.807, 2.05) is 0 Å². The van der Waals surface area contributed by atoms with Crippen molar-refractivity contribution in [3.05, 3.63) is 40.2 Å². The molecule has 0 spiro atoms. The summed E-state index contributed by atoms with van der Waals surface area (Å²) in [4.78, 5) is 23.9. The van der Waals surface area contributed by atoms with Crippen LogP contribution in [0.3, 0.4) is 0 Å². The second kappa shape index (κ2) is 11.8. The van der Waals surface area contributed by atoms with E-state index in [1.165, 1.54) is 38.6 Å². The number of nitrogens with zero attached hydrogens (tertiary/aromatic N) is 8. The SMILES string of the molecule is Cn1nnn(-c2cc(Nc3ncc(C#N)c(NCC4CCCN5CCCCC45)n3)c(F)cc2OCC(C)(C)O)c1=O. The summed E-state index contributed by atoms with van der Waals surface area (Å²) in [5, 5.41) is 33.5. The molecule has 0 bridgehead atoms. The van der Waals surface area contributed by atoms with Gasteiger partial charge in [0.15, 0.2) is 5.82 Å². The lowest BCUT2D eigenvalue weighted by atomic mass is 9.83.